The number of rotatable bonds is 2. The Morgan fingerprint density at radius 1 is 1.10 bits per heavy atom. The molecule has 0 fully saturated rings. The lowest BCUT2D eigenvalue weighted by Gasteiger charge is -2.31. The Hall–Kier alpha value is -3.50. The summed E-state index contributed by atoms with van der Waals surface area (Å²) in [6.07, 6.45) is -0.406. The van der Waals surface area contributed by atoms with E-state index in [1.807, 2.05) is 31.1 Å². The van der Waals surface area contributed by atoms with Crippen LogP contribution in [-0.4, -0.2) is 41.1 Å². The number of hydrogen-bond donors (Lipinski definition) is 0. The molecule has 1 aliphatic rings. The summed E-state index contributed by atoms with van der Waals surface area (Å²) in [7, 11) is 1.86. The Labute approximate surface area is 175 Å². The summed E-state index contributed by atoms with van der Waals surface area (Å²) in [6.45, 7) is 4.69. The normalized spacial score (nSPS) is 14.3. The molecule has 1 aliphatic heterocycles. The van der Waals surface area contributed by atoms with Gasteiger partial charge in [-0.25, -0.2) is 0 Å². The number of alkyl halides is 3. The Kier molecular flexibility index (Phi) is 4.24. The molecule has 0 radical (unpaired) electrons. The first kappa shape index (κ1) is 19.5. The van der Waals surface area contributed by atoms with E-state index in [1.165, 1.54) is 0 Å². The zero-order chi connectivity index (χ0) is 21.9. The third-order valence-corrected chi connectivity index (χ3v) is 5.78. The Balaban J connectivity index is 1.57. The van der Waals surface area contributed by atoms with E-state index in [4.69, 9.17) is 0 Å². The number of aromatic nitrogens is 7. The molecule has 8 nitrogen and oxygen atoms in total. The van der Waals surface area contributed by atoms with Crippen LogP contribution < -0.4 is 4.90 Å². The first-order valence-corrected chi connectivity index (χ1v) is 9.75. The van der Waals surface area contributed by atoms with Gasteiger partial charge in [-0.3, -0.25) is 9.67 Å². The van der Waals surface area contributed by atoms with Crippen molar-refractivity contribution in [1.29, 1.82) is 0 Å². The predicted molar refractivity (Wildman–Crippen MR) is 106 cm³/mol. The summed E-state index contributed by atoms with van der Waals surface area (Å²) in [5.74, 6) is -0.628. The summed E-state index contributed by atoms with van der Waals surface area (Å²) < 4.78 is 42.7. The molecule has 31 heavy (non-hydrogen) atoms. The minimum absolute atomic E-state index is 0.117. The Bertz CT molecular complexity index is 1300. The van der Waals surface area contributed by atoms with Crippen LogP contribution in [0, 0.1) is 13.8 Å². The molecule has 0 amide bonds. The Morgan fingerprint density at radius 2 is 1.90 bits per heavy atom. The van der Waals surface area contributed by atoms with Crippen molar-refractivity contribution in [1.82, 2.24) is 34.6 Å². The van der Waals surface area contributed by atoms with Gasteiger partial charge in [-0.05, 0) is 31.5 Å². The fraction of sp³-hybridized carbons (Fsp3) is 0.350. The average molecular weight is 428 g/mol. The largest absolute Gasteiger partial charge is 0.453 e. The van der Waals surface area contributed by atoms with Gasteiger partial charge in [0, 0.05) is 61.3 Å². The van der Waals surface area contributed by atoms with Gasteiger partial charge in [-0.15, -0.1) is 15.3 Å². The van der Waals surface area contributed by atoms with Gasteiger partial charge in [0.05, 0.1) is 5.69 Å². The molecule has 5 rings (SSSR count). The number of pyridine rings is 1. The summed E-state index contributed by atoms with van der Waals surface area (Å²) in [4.78, 5) is 6.60. The van der Waals surface area contributed by atoms with Crippen molar-refractivity contribution in [2.24, 2.45) is 7.05 Å². The minimum Gasteiger partial charge on any atom is -0.350 e. The quantitative estimate of drug-likeness (QED) is 0.488. The van der Waals surface area contributed by atoms with Crippen LogP contribution >= 0.6 is 0 Å². The Morgan fingerprint density at radius 3 is 2.61 bits per heavy atom. The van der Waals surface area contributed by atoms with Gasteiger partial charge in [-0.2, -0.15) is 22.8 Å². The lowest BCUT2D eigenvalue weighted by atomic mass is 10.0. The van der Waals surface area contributed by atoms with E-state index in [0.29, 0.717) is 30.9 Å². The van der Waals surface area contributed by atoms with Gasteiger partial charge in [0.2, 0.25) is 0 Å². The monoisotopic (exact) mass is 428 g/mol. The maximum Gasteiger partial charge on any atom is 0.453 e. The highest BCUT2D eigenvalue weighted by molar-refractivity contribution is 5.62. The fourth-order valence-corrected chi connectivity index (χ4v) is 3.99. The van der Waals surface area contributed by atoms with Gasteiger partial charge in [0.15, 0.2) is 11.5 Å². The molecule has 160 valence electrons. The van der Waals surface area contributed by atoms with Crippen LogP contribution in [0.15, 0.2) is 24.5 Å². The highest BCUT2D eigenvalue weighted by Crippen LogP contribution is 2.32. The van der Waals surface area contributed by atoms with Crippen LogP contribution in [0.3, 0.4) is 0 Å². The molecule has 0 bridgehead atoms. The second-order valence-electron chi connectivity index (χ2n) is 7.67. The first-order chi connectivity index (χ1) is 14.7. The van der Waals surface area contributed by atoms with Crippen molar-refractivity contribution in [3.05, 3.63) is 52.7 Å². The second kappa shape index (κ2) is 6.76. The maximum absolute atomic E-state index is 13.4. The molecule has 4 aromatic heterocycles. The zero-order valence-corrected chi connectivity index (χ0v) is 17.1. The molecule has 0 aromatic carbocycles. The molecule has 4 aromatic rings. The smallest absolute Gasteiger partial charge is 0.350 e. The van der Waals surface area contributed by atoms with Gasteiger partial charge in [0.1, 0.15) is 0 Å². The topological polar surface area (TPSA) is 77.0 Å². The summed E-state index contributed by atoms with van der Waals surface area (Å²) in [5.41, 5.74) is 5.41. The molecule has 0 N–H and O–H groups in total. The number of aryl methyl sites for hydroxylation is 2. The van der Waals surface area contributed by atoms with E-state index in [2.05, 4.69) is 31.4 Å². The fourth-order valence-electron chi connectivity index (χ4n) is 3.99. The van der Waals surface area contributed by atoms with Crippen LogP contribution in [0.5, 0.6) is 0 Å². The molecule has 0 spiro atoms. The second-order valence-corrected chi connectivity index (χ2v) is 7.67. The number of anilines is 1. The first-order valence-electron chi connectivity index (χ1n) is 9.75. The van der Waals surface area contributed by atoms with Gasteiger partial charge < -0.3 is 4.90 Å². The van der Waals surface area contributed by atoms with Gasteiger partial charge in [0.25, 0.3) is 5.82 Å². The molecule has 11 heteroatoms. The molecular weight excluding hydrogens is 409 g/mol. The number of halogens is 3. The summed E-state index contributed by atoms with van der Waals surface area (Å²) in [6, 6.07) is 3.98. The van der Waals surface area contributed by atoms with E-state index in [9.17, 15) is 13.2 Å². The number of fused-ring (bicyclic) bond motifs is 2. The third kappa shape index (κ3) is 3.11. The van der Waals surface area contributed by atoms with E-state index in [0.717, 1.165) is 32.6 Å². The third-order valence-electron chi connectivity index (χ3n) is 5.78. The molecule has 0 saturated heterocycles. The number of hydrogen-bond acceptors (Lipinski definition) is 6. The highest BCUT2D eigenvalue weighted by Gasteiger charge is 2.38. The average Bonchev–Trinajstić information content (AvgIpc) is 3.36. The van der Waals surface area contributed by atoms with Crippen molar-refractivity contribution in [2.45, 2.75) is 33.0 Å². The number of nitrogens with zero attached hydrogens (tertiary/aromatic N) is 8. The molecular formula is C20H19F3N8. The molecule has 5 heterocycles. The van der Waals surface area contributed by atoms with E-state index in [1.54, 1.807) is 17.8 Å². The SMILES string of the molecule is Cc1c(N2CCc3ncc(-c4ccnn4C)cc3C2)nn2c(C(F)(F)F)nnc2c1C. The van der Waals surface area contributed by atoms with Gasteiger partial charge in [-0.1, -0.05) is 0 Å². The predicted octanol–water partition coefficient (Wildman–Crippen LogP) is 3.12. The van der Waals surface area contributed by atoms with Crippen molar-refractivity contribution in [3.63, 3.8) is 0 Å². The summed E-state index contributed by atoms with van der Waals surface area (Å²) in [5, 5.41) is 15.5. The molecule has 0 atom stereocenters. The molecule has 0 saturated carbocycles. The van der Waals surface area contributed by atoms with Gasteiger partial charge >= 0.3 is 6.18 Å². The summed E-state index contributed by atoms with van der Waals surface area (Å²) >= 11 is 0. The van der Waals surface area contributed by atoms with Crippen LogP contribution in [0.1, 0.15) is 28.2 Å². The van der Waals surface area contributed by atoms with Crippen LogP contribution in [-0.2, 0) is 26.2 Å². The van der Waals surface area contributed by atoms with Crippen molar-refractivity contribution < 1.29 is 13.2 Å². The van der Waals surface area contributed by atoms with Crippen LogP contribution in [0.25, 0.3) is 16.9 Å². The maximum atomic E-state index is 13.4. The lowest BCUT2D eigenvalue weighted by molar-refractivity contribution is -0.146. The van der Waals surface area contributed by atoms with Crippen LogP contribution in [0.2, 0.25) is 0 Å². The van der Waals surface area contributed by atoms with Crippen molar-refractivity contribution in [3.8, 4) is 11.3 Å². The zero-order valence-electron chi connectivity index (χ0n) is 17.1. The van der Waals surface area contributed by atoms with Crippen molar-refractivity contribution in [2.75, 3.05) is 11.4 Å². The minimum atomic E-state index is -4.64. The van der Waals surface area contributed by atoms with E-state index < -0.39 is 12.0 Å². The van der Waals surface area contributed by atoms with Crippen LogP contribution in [0.4, 0.5) is 19.0 Å². The van der Waals surface area contributed by atoms with Crippen molar-refractivity contribution >= 4 is 11.5 Å². The lowest BCUT2D eigenvalue weighted by Crippen LogP contribution is -2.33. The molecule has 0 unspecified atom stereocenters. The molecule has 0 aliphatic carbocycles. The van der Waals surface area contributed by atoms with E-state index >= 15 is 0 Å². The highest BCUT2D eigenvalue weighted by atomic mass is 19.4. The van der Waals surface area contributed by atoms with E-state index in [-0.39, 0.29) is 5.65 Å². The standard InChI is InChI=1S/C20H19F3N8/c1-11-12(2)18(28-31-17(11)26-27-19(31)20(21,22)23)30-7-5-15-14(10-30)8-13(9-24-15)16-4-6-25-29(16)3/h4,6,8-9H,5,7,10H2,1-3H3.